The fourth-order valence-electron chi connectivity index (χ4n) is 3.04. The van der Waals surface area contributed by atoms with Crippen molar-refractivity contribution in [2.45, 2.75) is 6.54 Å². The number of ketones is 1. The SMILES string of the molecule is O=C1COC2=C1c1ccccc1N(Cc1ccccc1)C2. The highest BCUT2D eigenvalue weighted by molar-refractivity contribution is 6.25. The minimum atomic E-state index is 0.0943. The Morgan fingerprint density at radius 2 is 1.76 bits per heavy atom. The minimum absolute atomic E-state index is 0.0943. The highest BCUT2D eigenvalue weighted by atomic mass is 16.5. The Labute approximate surface area is 123 Å². The van der Waals surface area contributed by atoms with Crippen LogP contribution in [0.25, 0.3) is 5.57 Å². The van der Waals surface area contributed by atoms with E-state index in [2.05, 4.69) is 23.1 Å². The molecule has 0 aromatic heterocycles. The lowest BCUT2D eigenvalue weighted by Crippen LogP contribution is -2.29. The van der Waals surface area contributed by atoms with Gasteiger partial charge in [0.05, 0.1) is 12.1 Å². The molecule has 0 fully saturated rings. The normalized spacial score (nSPS) is 16.6. The molecule has 3 nitrogen and oxygen atoms in total. The number of carbonyl (C=O) groups excluding carboxylic acids is 1. The fourth-order valence-corrected chi connectivity index (χ4v) is 3.04. The summed E-state index contributed by atoms with van der Waals surface area (Å²) in [5.41, 5.74) is 4.13. The van der Waals surface area contributed by atoms with E-state index in [1.165, 1.54) is 5.56 Å². The number of para-hydroxylation sites is 1. The number of benzene rings is 2. The zero-order valence-electron chi connectivity index (χ0n) is 11.6. The van der Waals surface area contributed by atoms with Crippen LogP contribution in [0.1, 0.15) is 11.1 Å². The molecule has 2 aliphatic rings. The van der Waals surface area contributed by atoms with Crippen molar-refractivity contribution in [3.05, 3.63) is 71.5 Å². The molecule has 0 N–H and O–H groups in total. The van der Waals surface area contributed by atoms with Crippen LogP contribution in [-0.2, 0) is 16.1 Å². The molecule has 0 spiro atoms. The van der Waals surface area contributed by atoms with Gasteiger partial charge in [-0.2, -0.15) is 0 Å². The first-order chi connectivity index (χ1) is 10.3. The molecule has 4 rings (SSSR count). The standard InChI is InChI=1S/C18H15NO2/c20-16-12-21-17-11-19(10-13-6-2-1-3-7-13)15-9-5-4-8-14(15)18(16)17/h1-9H,10-12H2. The van der Waals surface area contributed by atoms with Crippen molar-refractivity contribution in [3.63, 3.8) is 0 Å². The first-order valence-electron chi connectivity index (χ1n) is 7.10. The summed E-state index contributed by atoms with van der Waals surface area (Å²) in [6, 6.07) is 18.4. The number of fused-ring (bicyclic) bond motifs is 2. The van der Waals surface area contributed by atoms with Gasteiger partial charge >= 0.3 is 0 Å². The first kappa shape index (κ1) is 12.2. The third-order valence-corrected chi connectivity index (χ3v) is 4.00. The number of nitrogens with zero attached hydrogens (tertiary/aromatic N) is 1. The number of rotatable bonds is 2. The summed E-state index contributed by atoms with van der Waals surface area (Å²) >= 11 is 0. The van der Waals surface area contributed by atoms with Gasteiger partial charge in [-0.25, -0.2) is 0 Å². The molecule has 0 radical (unpaired) electrons. The lowest BCUT2D eigenvalue weighted by Gasteiger charge is -2.31. The van der Waals surface area contributed by atoms with E-state index in [0.29, 0.717) is 6.54 Å². The van der Waals surface area contributed by atoms with Crippen molar-refractivity contribution in [1.82, 2.24) is 0 Å². The van der Waals surface area contributed by atoms with E-state index in [-0.39, 0.29) is 12.4 Å². The molecule has 2 aliphatic heterocycles. The summed E-state index contributed by atoms with van der Waals surface area (Å²) in [6.07, 6.45) is 0. The van der Waals surface area contributed by atoms with Gasteiger partial charge in [-0.05, 0) is 11.6 Å². The molecule has 2 aromatic carbocycles. The Hall–Kier alpha value is -2.55. The molecule has 0 unspecified atom stereocenters. The van der Waals surface area contributed by atoms with Crippen molar-refractivity contribution in [2.75, 3.05) is 18.1 Å². The van der Waals surface area contributed by atoms with Crippen LogP contribution in [0.5, 0.6) is 0 Å². The first-order valence-corrected chi connectivity index (χ1v) is 7.10. The highest BCUT2D eigenvalue weighted by Crippen LogP contribution is 2.38. The van der Waals surface area contributed by atoms with E-state index < -0.39 is 0 Å². The highest BCUT2D eigenvalue weighted by Gasteiger charge is 2.33. The third kappa shape index (κ3) is 2.02. The summed E-state index contributed by atoms with van der Waals surface area (Å²) in [5, 5.41) is 0. The lowest BCUT2D eigenvalue weighted by molar-refractivity contribution is -0.115. The van der Waals surface area contributed by atoms with Crippen LogP contribution in [0.3, 0.4) is 0 Å². The number of ether oxygens (including phenoxy) is 1. The van der Waals surface area contributed by atoms with Crippen LogP contribution in [-0.4, -0.2) is 18.9 Å². The van der Waals surface area contributed by atoms with Gasteiger partial charge in [-0.1, -0.05) is 48.5 Å². The van der Waals surface area contributed by atoms with Gasteiger partial charge in [-0.3, -0.25) is 4.79 Å². The summed E-state index contributed by atoms with van der Waals surface area (Å²) in [7, 11) is 0. The number of Topliss-reactive ketones (excluding diaryl/α,β-unsaturated/α-hetero) is 1. The van der Waals surface area contributed by atoms with Crippen LogP contribution in [0.2, 0.25) is 0 Å². The molecule has 3 heteroatoms. The molecule has 0 saturated carbocycles. The van der Waals surface area contributed by atoms with E-state index in [1.54, 1.807) is 0 Å². The summed E-state index contributed by atoms with van der Waals surface area (Å²) < 4.78 is 5.58. The van der Waals surface area contributed by atoms with Crippen LogP contribution >= 0.6 is 0 Å². The summed E-state index contributed by atoms with van der Waals surface area (Å²) in [6.45, 7) is 1.65. The third-order valence-electron chi connectivity index (χ3n) is 4.00. The number of hydrogen-bond donors (Lipinski definition) is 0. The van der Waals surface area contributed by atoms with E-state index in [0.717, 1.165) is 29.1 Å². The maximum Gasteiger partial charge on any atom is 0.204 e. The topological polar surface area (TPSA) is 29.5 Å². The Balaban J connectivity index is 1.75. The molecular weight excluding hydrogens is 262 g/mol. The average Bonchev–Trinajstić information content (AvgIpc) is 2.90. The molecule has 0 saturated heterocycles. The van der Waals surface area contributed by atoms with Gasteiger partial charge in [0, 0.05) is 17.8 Å². The smallest absolute Gasteiger partial charge is 0.204 e. The fraction of sp³-hybridized carbons (Fsp3) is 0.167. The van der Waals surface area contributed by atoms with Gasteiger partial charge in [0.25, 0.3) is 0 Å². The Morgan fingerprint density at radius 3 is 2.62 bits per heavy atom. The van der Waals surface area contributed by atoms with Crippen LogP contribution in [0.4, 0.5) is 5.69 Å². The van der Waals surface area contributed by atoms with Crippen LogP contribution in [0.15, 0.2) is 60.4 Å². The van der Waals surface area contributed by atoms with Gasteiger partial charge < -0.3 is 9.64 Å². The molecule has 0 bridgehead atoms. The molecular formula is C18H15NO2. The lowest BCUT2D eigenvalue weighted by atomic mass is 9.96. The van der Waals surface area contributed by atoms with E-state index in [1.807, 2.05) is 36.4 Å². The van der Waals surface area contributed by atoms with Crippen LogP contribution < -0.4 is 4.90 Å². The predicted octanol–water partition coefficient (Wildman–Crippen LogP) is 3.02. The van der Waals surface area contributed by atoms with Crippen LogP contribution in [0, 0.1) is 0 Å². The molecule has 21 heavy (non-hydrogen) atoms. The second kappa shape index (κ2) is 4.77. The van der Waals surface area contributed by atoms with Crippen molar-refractivity contribution in [2.24, 2.45) is 0 Å². The molecule has 0 aliphatic carbocycles. The average molecular weight is 277 g/mol. The molecule has 2 heterocycles. The molecule has 2 aromatic rings. The van der Waals surface area contributed by atoms with Gasteiger partial charge in [0.2, 0.25) is 5.78 Å². The second-order valence-electron chi connectivity index (χ2n) is 5.37. The van der Waals surface area contributed by atoms with Crippen molar-refractivity contribution in [3.8, 4) is 0 Å². The van der Waals surface area contributed by atoms with Crippen molar-refractivity contribution >= 4 is 17.0 Å². The van der Waals surface area contributed by atoms with E-state index in [9.17, 15) is 4.79 Å². The molecule has 104 valence electrons. The number of carbonyl (C=O) groups is 1. The van der Waals surface area contributed by atoms with Gasteiger partial charge in [0.1, 0.15) is 5.76 Å². The zero-order chi connectivity index (χ0) is 14.2. The largest absolute Gasteiger partial charge is 0.487 e. The zero-order valence-corrected chi connectivity index (χ0v) is 11.6. The van der Waals surface area contributed by atoms with Crippen molar-refractivity contribution in [1.29, 1.82) is 0 Å². The van der Waals surface area contributed by atoms with Crippen molar-refractivity contribution < 1.29 is 9.53 Å². The maximum atomic E-state index is 12.0. The Morgan fingerprint density at radius 1 is 1.00 bits per heavy atom. The quantitative estimate of drug-likeness (QED) is 0.845. The minimum Gasteiger partial charge on any atom is -0.487 e. The Kier molecular flexibility index (Phi) is 2.78. The molecule has 0 amide bonds. The number of anilines is 1. The van der Waals surface area contributed by atoms with E-state index >= 15 is 0 Å². The van der Waals surface area contributed by atoms with Gasteiger partial charge in [-0.15, -0.1) is 0 Å². The monoisotopic (exact) mass is 277 g/mol. The predicted molar refractivity (Wildman–Crippen MR) is 81.8 cm³/mol. The Bertz CT molecular complexity index is 734. The second-order valence-corrected chi connectivity index (χ2v) is 5.37. The molecule has 0 atom stereocenters. The number of hydrogen-bond acceptors (Lipinski definition) is 3. The maximum absolute atomic E-state index is 12.0. The summed E-state index contributed by atoms with van der Waals surface area (Å²) in [4.78, 5) is 14.3. The summed E-state index contributed by atoms with van der Waals surface area (Å²) in [5.74, 6) is 0.909. The van der Waals surface area contributed by atoms with Gasteiger partial charge in [0.15, 0.2) is 6.61 Å². The van der Waals surface area contributed by atoms with E-state index in [4.69, 9.17) is 4.74 Å².